The van der Waals surface area contributed by atoms with E-state index in [2.05, 4.69) is 0 Å². The van der Waals surface area contributed by atoms with Gasteiger partial charge in [0.05, 0.1) is 40.2 Å². The van der Waals surface area contributed by atoms with Crippen LogP contribution in [0.25, 0.3) is 0 Å². The van der Waals surface area contributed by atoms with Crippen LogP contribution in [0.15, 0.2) is 24.3 Å². The number of ether oxygens (including phenoxy) is 6. The van der Waals surface area contributed by atoms with Gasteiger partial charge in [0.15, 0.2) is 24.5 Å². The van der Waals surface area contributed by atoms with Crippen LogP contribution in [0.2, 0.25) is 0 Å². The van der Waals surface area contributed by atoms with Crippen molar-refractivity contribution in [3.05, 3.63) is 35.4 Å². The topological polar surface area (TPSA) is 144 Å². The highest BCUT2D eigenvalue weighted by Gasteiger charge is 2.60. The minimum atomic E-state index is -1.42. The molecule has 0 radical (unpaired) electrons. The Labute approximate surface area is 322 Å². The Balaban J connectivity index is 2.41. The van der Waals surface area contributed by atoms with E-state index in [0.717, 1.165) is 11.1 Å². The van der Waals surface area contributed by atoms with Gasteiger partial charge in [-0.1, -0.05) is 38.1 Å². The standard InChI is InChI=1S/C42H65NO11/c1-16-42(17-2,37(48)49-15)31-26-21-19-18-20-25(26)22-23-43(31)32-30(54-36(47)41(12,13)14)29(53-35(46)40(9,10)11)28(52-34(45)39(6,7)8)27(51-32)24-50-33(44)38(3,4)5/h18-21,27-32H,16-17,22-24H2,1-15H3/t27-,28+,29+,30-,31-,32-/m1/s1. The van der Waals surface area contributed by atoms with Crippen molar-refractivity contribution in [1.82, 2.24) is 4.90 Å². The SMILES string of the molecule is CCC(CC)(C(=O)OC)[C@H]1c2ccccc2CCN1[C@@H]1O[C@H](COC(=O)C(C)(C)C)[C@H](OC(=O)C(C)(C)C)[C@H](OC(=O)C(C)(C)C)[C@H]1OC(=O)C(C)(C)C. The largest absolute Gasteiger partial charge is 0.469 e. The monoisotopic (exact) mass is 759 g/mol. The summed E-state index contributed by atoms with van der Waals surface area (Å²) in [5.74, 6) is -2.83. The van der Waals surface area contributed by atoms with Gasteiger partial charge in [-0.2, -0.15) is 0 Å². The van der Waals surface area contributed by atoms with Gasteiger partial charge < -0.3 is 28.4 Å². The Kier molecular flexibility index (Phi) is 13.9. The Bertz CT molecular complexity index is 1520. The molecular formula is C42H65NO11. The Morgan fingerprint density at radius 2 is 1.13 bits per heavy atom. The summed E-state index contributed by atoms with van der Waals surface area (Å²) in [7, 11) is 1.36. The van der Waals surface area contributed by atoms with Crippen LogP contribution in [0, 0.1) is 27.1 Å². The van der Waals surface area contributed by atoms with Crippen molar-refractivity contribution in [3.8, 4) is 0 Å². The van der Waals surface area contributed by atoms with Crippen molar-refractivity contribution < 1.29 is 52.4 Å². The average Bonchev–Trinajstić information content (AvgIpc) is 3.07. The van der Waals surface area contributed by atoms with Gasteiger partial charge in [0, 0.05) is 6.54 Å². The minimum Gasteiger partial charge on any atom is -0.469 e. The fraction of sp³-hybridized carbons (Fsp3) is 0.738. The number of hydrogen-bond donors (Lipinski definition) is 0. The summed E-state index contributed by atoms with van der Waals surface area (Å²) in [5.41, 5.74) is -3.07. The molecule has 0 unspecified atom stereocenters. The molecule has 1 aromatic carbocycles. The summed E-state index contributed by atoms with van der Waals surface area (Å²) < 4.78 is 37.1. The molecule has 3 rings (SSSR count). The van der Waals surface area contributed by atoms with Gasteiger partial charge in [-0.05, 0) is 113 Å². The van der Waals surface area contributed by atoms with E-state index in [1.54, 1.807) is 83.1 Å². The summed E-state index contributed by atoms with van der Waals surface area (Å²) in [6.45, 7) is 24.2. The number of rotatable bonds is 10. The maximum atomic E-state index is 14.0. The predicted molar refractivity (Wildman–Crippen MR) is 202 cm³/mol. The molecule has 2 heterocycles. The zero-order valence-electron chi connectivity index (χ0n) is 35.2. The van der Waals surface area contributed by atoms with Crippen LogP contribution >= 0.6 is 0 Å². The maximum absolute atomic E-state index is 14.0. The molecule has 1 fully saturated rings. The maximum Gasteiger partial charge on any atom is 0.313 e. The number of nitrogens with zero attached hydrogens (tertiary/aromatic N) is 1. The third kappa shape index (κ3) is 9.83. The van der Waals surface area contributed by atoms with Crippen molar-refractivity contribution >= 4 is 29.8 Å². The Morgan fingerprint density at radius 1 is 0.667 bits per heavy atom. The highest BCUT2D eigenvalue weighted by Crippen LogP contribution is 2.50. The summed E-state index contributed by atoms with van der Waals surface area (Å²) in [6, 6.07) is 7.20. The van der Waals surface area contributed by atoms with Crippen molar-refractivity contribution in [2.24, 2.45) is 27.1 Å². The first-order chi connectivity index (χ1) is 24.7. The molecule has 1 aromatic rings. The number of carbonyl (C=O) groups excluding carboxylic acids is 5. The molecule has 0 amide bonds. The predicted octanol–water partition coefficient (Wildman–Crippen LogP) is 6.75. The highest BCUT2D eigenvalue weighted by molar-refractivity contribution is 5.79. The minimum absolute atomic E-state index is 0.343. The van der Waals surface area contributed by atoms with Gasteiger partial charge in [-0.25, -0.2) is 0 Å². The van der Waals surface area contributed by atoms with Crippen LogP contribution in [0.1, 0.15) is 127 Å². The van der Waals surface area contributed by atoms with Gasteiger partial charge in [-0.3, -0.25) is 28.9 Å². The lowest BCUT2D eigenvalue weighted by Gasteiger charge is -2.54. The zero-order chi connectivity index (χ0) is 41.2. The molecule has 2 aliphatic rings. The lowest BCUT2D eigenvalue weighted by atomic mass is 9.69. The summed E-state index contributed by atoms with van der Waals surface area (Å²) in [4.78, 5) is 70.7. The molecule has 0 saturated carbocycles. The summed E-state index contributed by atoms with van der Waals surface area (Å²) in [5, 5.41) is 0. The second-order valence-electron chi connectivity index (χ2n) is 18.7. The van der Waals surface area contributed by atoms with E-state index < -0.39 is 93.6 Å². The molecule has 0 aromatic heterocycles. The summed E-state index contributed by atoms with van der Waals surface area (Å²) in [6.07, 6.45) is -5.19. The molecule has 0 bridgehead atoms. The van der Waals surface area contributed by atoms with E-state index in [9.17, 15) is 24.0 Å². The quantitative estimate of drug-likeness (QED) is 0.184. The van der Waals surface area contributed by atoms with Crippen LogP contribution < -0.4 is 0 Å². The third-order valence-electron chi connectivity index (χ3n) is 10.2. The summed E-state index contributed by atoms with van der Waals surface area (Å²) >= 11 is 0. The zero-order valence-corrected chi connectivity index (χ0v) is 35.2. The van der Waals surface area contributed by atoms with E-state index in [1.165, 1.54) is 7.11 Å². The van der Waals surface area contributed by atoms with Crippen LogP contribution in [0.3, 0.4) is 0 Å². The number of benzene rings is 1. The van der Waals surface area contributed by atoms with Crippen LogP contribution in [0.4, 0.5) is 0 Å². The molecule has 0 spiro atoms. The molecular weight excluding hydrogens is 694 g/mol. The van der Waals surface area contributed by atoms with Crippen molar-refractivity contribution in [1.29, 1.82) is 0 Å². The fourth-order valence-corrected chi connectivity index (χ4v) is 6.69. The second kappa shape index (κ2) is 16.7. The van der Waals surface area contributed by atoms with Gasteiger partial charge in [0.2, 0.25) is 0 Å². The van der Waals surface area contributed by atoms with E-state index >= 15 is 0 Å². The molecule has 54 heavy (non-hydrogen) atoms. The Hall–Kier alpha value is -3.51. The first-order valence-electron chi connectivity index (χ1n) is 19.1. The Morgan fingerprint density at radius 3 is 1.59 bits per heavy atom. The number of fused-ring (bicyclic) bond motifs is 1. The van der Waals surface area contributed by atoms with Crippen molar-refractivity contribution in [3.63, 3.8) is 0 Å². The number of methoxy groups -OCH3 is 1. The molecule has 12 heteroatoms. The first kappa shape index (κ1) is 44.9. The lowest BCUT2D eigenvalue weighted by molar-refractivity contribution is -0.292. The van der Waals surface area contributed by atoms with Gasteiger partial charge in [0.25, 0.3) is 0 Å². The molecule has 6 atom stereocenters. The van der Waals surface area contributed by atoms with Crippen LogP contribution in [-0.2, 0) is 58.8 Å². The fourth-order valence-electron chi connectivity index (χ4n) is 6.69. The van der Waals surface area contributed by atoms with E-state index in [0.29, 0.717) is 25.8 Å². The van der Waals surface area contributed by atoms with E-state index in [-0.39, 0.29) is 6.61 Å². The van der Waals surface area contributed by atoms with Gasteiger partial charge in [0.1, 0.15) is 12.7 Å². The smallest absolute Gasteiger partial charge is 0.313 e. The van der Waals surface area contributed by atoms with E-state index in [4.69, 9.17) is 28.4 Å². The van der Waals surface area contributed by atoms with Crippen LogP contribution in [-0.4, -0.2) is 85.7 Å². The molecule has 1 saturated heterocycles. The highest BCUT2D eigenvalue weighted by atomic mass is 16.7. The second-order valence-corrected chi connectivity index (χ2v) is 18.7. The average molecular weight is 760 g/mol. The third-order valence-corrected chi connectivity index (χ3v) is 10.2. The normalized spacial score (nSPS) is 24.1. The molecule has 304 valence electrons. The first-order valence-corrected chi connectivity index (χ1v) is 19.1. The molecule has 12 nitrogen and oxygen atoms in total. The van der Waals surface area contributed by atoms with Crippen molar-refractivity contribution in [2.75, 3.05) is 20.3 Å². The number of carbonyl (C=O) groups is 5. The van der Waals surface area contributed by atoms with Gasteiger partial charge >= 0.3 is 29.8 Å². The van der Waals surface area contributed by atoms with Crippen LogP contribution in [0.5, 0.6) is 0 Å². The molecule has 2 aliphatic heterocycles. The lowest BCUT2D eigenvalue weighted by Crippen LogP contribution is -2.69. The molecule has 0 aliphatic carbocycles. The van der Waals surface area contributed by atoms with Gasteiger partial charge in [-0.15, -0.1) is 0 Å². The number of hydrogen-bond acceptors (Lipinski definition) is 12. The number of esters is 5. The molecule has 0 N–H and O–H groups in total. The van der Waals surface area contributed by atoms with Crippen molar-refractivity contribution in [2.45, 2.75) is 153 Å². The van der Waals surface area contributed by atoms with E-state index in [1.807, 2.05) is 43.0 Å².